The summed E-state index contributed by atoms with van der Waals surface area (Å²) in [5.74, 6) is -3.31. The number of nitrogens with one attached hydrogen (secondary N) is 5. The van der Waals surface area contributed by atoms with Crippen molar-refractivity contribution in [2.75, 3.05) is 6.61 Å². The van der Waals surface area contributed by atoms with Crippen LogP contribution in [-0.4, -0.2) is 79.6 Å². The number of carboxylic acids is 1. The third-order valence-electron chi connectivity index (χ3n) is 6.20. The van der Waals surface area contributed by atoms with Crippen molar-refractivity contribution in [1.82, 2.24) is 30.9 Å². The Hall–Kier alpha value is -4.23. The fourth-order valence-corrected chi connectivity index (χ4v) is 4.16. The van der Waals surface area contributed by atoms with Gasteiger partial charge in [0.05, 0.1) is 12.9 Å². The monoisotopic (exact) mass is 541 g/mol. The van der Waals surface area contributed by atoms with E-state index in [1.54, 1.807) is 6.20 Å². The highest BCUT2D eigenvalue weighted by Gasteiger charge is 2.31. The predicted octanol–water partition coefficient (Wildman–Crippen LogP) is -0.419. The highest BCUT2D eigenvalue weighted by Crippen LogP contribution is 2.19. The van der Waals surface area contributed by atoms with Gasteiger partial charge in [-0.15, -0.1) is 0 Å². The Kier molecular flexibility index (Phi) is 10.2. The van der Waals surface area contributed by atoms with Crippen LogP contribution in [0.5, 0.6) is 0 Å². The number of carbonyl (C=O) groups excluding carboxylic acids is 3. The zero-order chi connectivity index (χ0) is 28.5. The van der Waals surface area contributed by atoms with Gasteiger partial charge in [0.15, 0.2) is 0 Å². The smallest absolute Gasteiger partial charge is 0.326 e. The standard InChI is InChI=1S/C26H35N7O6/c1-14(2)7-20(31-23(35)18(27)12-34)24(36)32-21(9-16-11-28-13-30-16)25(37)33-22(26(38)39)8-15-10-29-19-6-4-3-5-17(15)19/h3-6,10-11,13-14,18,20-22,29,34H,7-9,12,27H2,1-2H3,(H,28,30)(H,31,35)(H,32,36)(H,33,37)(H,38,39). The second-order valence-electron chi connectivity index (χ2n) is 9.78. The van der Waals surface area contributed by atoms with Gasteiger partial charge < -0.3 is 41.9 Å². The van der Waals surface area contributed by atoms with Gasteiger partial charge >= 0.3 is 5.97 Å². The molecule has 13 nitrogen and oxygen atoms in total. The number of hydrogen-bond donors (Lipinski definition) is 8. The summed E-state index contributed by atoms with van der Waals surface area (Å²) in [4.78, 5) is 60.9. The Balaban J connectivity index is 1.79. The van der Waals surface area contributed by atoms with Gasteiger partial charge in [0.2, 0.25) is 17.7 Å². The number of aromatic nitrogens is 3. The fraction of sp³-hybridized carbons (Fsp3) is 0.423. The zero-order valence-corrected chi connectivity index (χ0v) is 21.8. The van der Waals surface area contributed by atoms with Gasteiger partial charge in [-0.1, -0.05) is 32.0 Å². The Bertz CT molecular complexity index is 1270. The molecule has 0 spiro atoms. The molecule has 2 aromatic heterocycles. The summed E-state index contributed by atoms with van der Waals surface area (Å²) in [5.41, 5.74) is 7.67. The molecule has 3 aromatic rings. The first-order valence-corrected chi connectivity index (χ1v) is 12.6. The number of carbonyl (C=O) groups is 4. The lowest BCUT2D eigenvalue weighted by atomic mass is 10.0. The van der Waals surface area contributed by atoms with Crippen molar-refractivity contribution >= 4 is 34.6 Å². The molecule has 0 aliphatic heterocycles. The minimum absolute atomic E-state index is 0.00107. The van der Waals surface area contributed by atoms with E-state index in [0.717, 1.165) is 10.9 Å². The molecule has 0 radical (unpaired) electrons. The number of fused-ring (bicyclic) bond motifs is 1. The first kappa shape index (κ1) is 29.3. The number of H-pyrrole nitrogens is 2. The van der Waals surface area contributed by atoms with Crippen molar-refractivity contribution in [1.29, 1.82) is 0 Å². The number of nitrogens with zero attached hydrogens (tertiary/aromatic N) is 1. The van der Waals surface area contributed by atoms with Crippen molar-refractivity contribution in [3.63, 3.8) is 0 Å². The highest BCUT2D eigenvalue weighted by atomic mass is 16.4. The Morgan fingerprint density at radius 2 is 1.62 bits per heavy atom. The minimum atomic E-state index is -1.27. The summed E-state index contributed by atoms with van der Waals surface area (Å²) in [6, 6.07) is 2.72. The lowest BCUT2D eigenvalue weighted by molar-refractivity contribution is -0.142. The molecule has 13 heteroatoms. The number of hydrogen-bond acceptors (Lipinski definition) is 7. The van der Waals surface area contributed by atoms with Gasteiger partial charge in [0.25, 0.3) is 0 Å². The molecule has 0 saturated carbocycles. The zero-order valence-electron chi connectivity index (χ0n) is 21.8. The summed E-state index contributed by atoms with van der Waals surface area (Å²) in [7, 11) is 0. The van der Waals surface area contributed by atoms with E-state index in [9.17, 15) is 29.4 Å². The number of nitrogens with two attached hydrogens (primary N) is 1. The predicted molar refractivity (Wildman–Crippen MR) is 142 cm³/mol. The molecule has 2 heterocycles. The van der Waals surface area contributed by atoms with E-state index in [0.29, 0.717) is 11.3 Å². The van der Waals surface area contributed by atoms with Crippen LogP contribution in [0.25, 0.3) is 10.9 Å². The number of aliphatic hydroxyl groups is 1. The van der Waals surface area contributed by atoms with Gasteiger partial charge in [-0.25, -0.2) is 9.78 Å². The Morgan fingerprint density at radius 3 is 2.26 bits per heavy atom. The van der Waals surface area contributed by atoms with Gasteiger partial charge in [-0.05, 0) is 24.0 Å². The topological polar surface area (TPSA) is 215 Å². The van der Waals surface area contributed by atoms with Crippen molar-refractivity contribution in [3.05, 3.63) is 54.2 Å². The lowest BCUT2D eigenvalue weighted by Gasteiger charge is -2.25. The lowest BCUT2D eigenvalue weighted by Crippen LogP contribution is -2.58. The molecule has 0 aliphatic rings. The maximum atomic E-state index is 13.4. The van der Waals surface area contributed by atoms with Crippen LogP contribution in [0.3, 0.4) is 0 Å². The molecule has 4 atom stereocenters. The van der Waals surface area contributed by atoms with Crippen LogP contribution in [0.4, 0.5) is 0 Å². The number of aromatic amines is 2. The van der Waals surface area contributed by atoms with Crippen LogP contribution in [-0.2, 0) is 32.0 Å². The normalized spacial score (nSPS) is 14.4. The van der Waals surface area contributed by atoms with Crippen molar-refractivity contribution in [2.24, 2.45) is 11.7 Å². The van der Waals surface area contributed by atoms with Crippen LogP contribution >= 0.6 is 0 Å². The molecule has 0 bridgehead atoms. The van der Waals surface area contributed by atoms with E-state index in [-0.39, 0.29) is 25.2 Å². The Morgan fingerprint density at radius 1 is 0.949 bits per heavy atom. The van der Waals surface area contributed by atoms with E-state index < -0.39 is 54.5 Å². The van der Waals surface area contributed by atoms with E-state index >= 15 is 0 Å². The van der Waals surface area contributed by atoms with Crippen LogP contribution in [0, 0.1) is 5.92 Å². The van der Waals surface area contributed by atoms with Crippen molar-refractivity contribution < 1.29 is 29.4 Å². The van der Waals surface area contributed by atoms with E-state index in [2.05, 4.69) is 30.9 Å². The van der Waals surface area contributed by atoms with Gasteiger partial charge in [-0.2, -0.15) is 0 Å². The van der Waals surface area contributed by atoms with Crippen LogP contribution in [0.2, 0.25) is 0 Å². The highest BCUT2D eigenvalue weighted by molar-refractivity contribution is 5.94. The molecule has 1 aromatic carbocycles. The largest absolute Gasteiger partial charge is 0.480 e. The van der Waals surface area contributed by atoms with Crippen molar-refractivity contribution in [2.45, 2.75) is 57.3 Å². The SMILES string of the molecule is CC(C)CC(NC(=O)C(N)CO)C(=O)NC(Cc1cnc[nH]1)C(=O)NC(Cc1c[nH]c2ccccc12)C(=O)O. The third-order valence-corrected chi connectivity index (χ3v) is 6.20. The van der Waals surface area contributed by atoms with E-state index in [1.165, 1.54) is 12.5 Å². The average molecular weight is 542 g/mol. The summed E-state index contributed by atoms with van der Waals surface area (Å²) in [6.45, 7) is 3.12. The van der Waals surface area contributed by atoms with Crippen LogP contribution < -0.4 is 21.7 Å². The maximum absolute atomic E-state index is 13.4. The first-order valence-electron chi connectivity index (χ1n) is 12.6. The summed E-state index contributed by atoms with van der Waals surface area (Å²) in [5, 5.41) is 27.6. The number of imidazole rings is 1. The van der Waals surface area contributed by atoms with Crippen LogP contribution in [0.15, 0.2) is 43.0 Å². The summed E-state index contributed by atoms with van der Waals surface area (Å²) < 4.78 is 0. The third kappa shape index (κ3) is 8.12. The second kappa shape index (κ2) is 13.5. The molecular weight excluding hydrogens is 506 g/mol. The van der Waals surface area contributed by atoms with Gasteiger partial charge in [-0.3, -0.25) is 14.4 Å². The average Bonchev–Trinajstić information content (AvgIpc) is 3.56. The Labute approximate surface area is 225 Å². The summed E-state index contributed by atoms with van der Waals surface area (Å²) in [6.07, 6.45) is 4.86. The molecule has 3 rings (SSSR count). The van der Waals surface area contributed by atoms with Gasteiger partial charge in [0, 0.05) is 41.8 Å². The summed E-state index contributed by atoms with van der Waals surface area (Å²) >= 11 is 0. The van der Waals surface area contributed by atoms with Crippen molar-refractivity contribution in [3.8, 4) is 0 Å². The molecular formula is C26H35N7O6. The number of aliphatic carboxylic acids is 1. The number of rotatable bonds is 14. The number of benzene rings is 1. The molecule has 0 aliphatic carbocycles. The fourth-order valence-electron chi connectivity index (χ4n) is 4.16. The first-order chi connectivity index (χ1) is 18.6. The van der Waals surface area contributed by atoms with E-state index in [1.807, 2.05) is 38.1 Å². The molecule has 9 N–H and O–H groups in total. The molecule has 0 fully saturated rings. The quantitative estimate of drug-likeness (QED) is 0.134. The molecule has 210 valence electrons. The number of amides is 3. The van der Waals surface area contributed by atoms with Gasteiger partial charge in [0.1, 0.15) is 24.2 Å². The second-order valence-corrected chi connectivity index (χ2v) is 9.78. The van der Waals surface area contributed by atoms with E-state index in [4.69, 9.17) is 5.73 Å². The molecule has 3 amide bonds. The number of aliphatic hydroxyl groups excluding tert-OH is 1. The number of para-hydroxylation sites is 1. The minimum Gasteiger partial charge on any atom is -0.480 e. The van der Waals surface area contributed by atoms with Crippen LogP contribution in [0.1, 0.15) is 31.5 Å². The number of carboxylic acid groups (broad SMARTS) is 1. The molecule has 4 unspecified atom stereocenters. The maximum Gasteiger partial charge on any atom is 0.326 e. The molecule has 0 saturated heterocycles. The molecule has 39 heavy (non-hydrogen) atoms.